The van der Waals surface area contributed by atoms with Gasteiger partial charge < -0.3 is 24.3 Å². The Balaban J connectivity index is 0.00000122. The van der Waals surface area contributed by atoms with E-state index in [-0.39, 0.29) is 5.91 Å². The van der Waals surface area contributed by atoms with Crippen molar-refractivity contribution >= 4 is 45.2 Å². The predicted octanol–water partition coefficient (Wildman–Crippen LogP) is 9.23. The first-order valence-corrected chi connectivity index (χ1v) is 21.6. The van der Waals surface area contributed by atoms with Crippen LogP contribution in [-0.2, 0) is 31.9 Å². The molecular weight excluding hydrogens is 721 g/mol. The lowest BCUT2D eigenvalue weighted by molar-refractivity contribution is -0.112. The second-order valence-electron chi connectivity index (χ2n) is 13.8. The Morgan fingerprint density at radius 2 is 1.70 bits per heavy atom. The summed E-state index contributed by atoms with van der Waals surface area (Å²) in [5, 5.41) is 3.17. The summed E-state index contributed by atoms with van der Waals surface area (Å²) in [6, 6.07) is 23.0. The molecule has 0 unspecified atom stereocenters. The van der Waals surface area contributed by atoms with Crippen LogP contribution in [0, 0.1) is 5.92 Å². The molecule has 4 aromatic rings. The minimum Gasteiger partial charge on any atom is -0.491 e. The molecular formula is C42H56N4O6S2. The van der Waals surface area contributed by atoms with E-state index in [4.69, 9.17) is 14.0 Å². The number of anilines is 2. The van der Waals surface area contributed by atoms with Crippen LogP contribution < -0.4 is 15.0 Å². The molecule has 54 heavy (non-hydrogen) atoms. The van der Waals surface area contributed by atoms with E-state index in [0.717, 1.165) is 103 Å². The smallest absolute Gasteiger partial charge is 0.261 e. The number of benzene rings is 3. The van der Waals surface area contributed by atoms with Gasteiger partial charge in [-0.3, -0.25) is 9.35 Å². The molecule has 0 bridgehead atoms. The first-order valence-electron chi connectivity index (χ1n) is 18.8. The minimum absolute atomic E-state index is 0.0438. The van der Waals surface area contributed by atoms with Crippen molar-refractivity contribution in [2.75, 3.05) is 49.4 Å². The van der Waals surface area contributed by atoms with E-state index in [2.05, 4.69) is 96.0 Å². The van der Waals surface area contributed by atoms with Crippen LogP contribution in [0.5, 0.6) is 5.75 Å². The first-order chi connectivity index (χ1) is 25.9. The van der Waals surface area contributed by atoms with Crippen LogP contribution in [0.2, 0.25) is 0 Å². The van der Waals surface area contributed by atoms with Crippen molar-refractivity contribution in [1.29, 1.82) is 0 Å². The molecule has 0 radical (unpaired) electrons. The third-order valence-electron chi connectivity index (χ3n) is 8.54. The molecule has 0 saturated heterocycles. The molecule has 2 N–H and O–H groups in total. The number of carbonyl (C=O) groups is 1. The maximum Gasteiger partial charge on any atom is 0.261 e. The lowest BCUT2D eigenvalue weighted by Gasteiger charge is -2.30. The number of nitrogens with one attached hydrogen (secondary N) is 1. The number of thioether (sulfide) groups is 1. The zero-order valence-electron chi connectivity index (χ0n) is 32.3. The highest BCUT2D eigenvalue weighted by atomic mass is 32.2. The van der Waals surface area contributed by atoms with Gasteiger partial charge in [0.1, 0.15) is 12.4 Å². The molecule has 0 saturated carbocycles. The average Bonchev–Trinajstić information content (AvgIpc) is 3.57. The van der Waals surface area contributed by atoms with E-state index in [1.807, 2.05) is 36.8 Å². The Bertz CT molecular complexity index is 1880. The molecule has 0 fully saturated rings. The Hall–Kier alpha value is -4.10. The Kier molecular flexibility index (Phi) is 17.1. The van der Waals surface area contributed by atoms with Crippen LogP contribution in [0.25, 0.3) is 17.2 Å². The van der Waals surface area contributed by atoms with Crippen molar-refractivity contribution in [3.05, 3.63) is 96.1 Å². The number of ether oxygens (including phenoxy) is 2. The van der Waals surface area contributed by atoms with Crippen LogP contribution in [0.4, 0.5) is 11.4 Å². The first kappa shape index (κ1) is 42.6. The van der Waals surface area contributed by atoms with E-state index in [0.29, 0.717) is 25.4 Å². The highest BCUT2D eigenvalue weighted by molar-refractivity contribution is 7.98. The molecule has 5 rings (SSSR count). The summed E-state index contributed by atoms with van der Waals surface area (Å²) in [5.74, 6) is 2.18. The maximum atomic E-state index is 13.7. The molecule has 3 aromatic carbocycles. The van der Waals surface area contributed by atoms with Gasteiger partial charge in [0.25, 0.3) is 16.0 Å². The van der Waals surface area contributed by atoms with E-state index >= 15 is 0 Å². The normalized spacial score (nSPS) is 12.9. The quantitative estimate of drug-likeness (QED) is 0.0614. The molecule has 12 heteroatoms. The Morgan fingerprint density at radius 1 is 0.981 bits per heavy atom. The molecule has 1 aromatic heterocycles. The fourth-order valence-corrected chi connectivity index (χ4v) is 6.90. The number of hydrogen-bond donors (Lipinski definition) is 2. The largest absolute Gasteiger partial charge is 0.491 e. The zero-order chi connectivity index (χ0) is 38.9. The second kappa shape index (κ2) is 21.7. The van der Waals surface area contributed by atoms with E-state index in [9.17, 15) is 13.2 Å². The summed E-state index contributed by atoms with van der Waals surface area (Å²) in [4.78, 5) is 21.6. The monoisotopic (exact) mass is 776 g/mol. The zero-order valence-corrected chi connectivity index (χ0v) is 33.9. The third-order valence-corrected chi connectivity index (χ3v) is 9.58. The summed E-state index contributed by atoms with van der Waals surface area (Å²) in [6.45, 7) is 13.6. The van der Waals surface area contributed by atoms with Crippen molar-refractivity contribution in [3.8, 4) is 16.9 Å². The van der Waals surface area contributed by atoms with Gasteiger partial charge in [0.05, 0.1) is 19.2 Å². The summed E-state index contributed by atoms with van der Waals surface area (Å²) < 4.78 is 39.6. The number of aryl methyl sites for hydroxylation is 1. The summed E-state index contributed by atoms with van der Waals surface area (Å²) >= 11 is 1.78. The van der Waals surface area contributed by atoms with Gasteiger partial charge in [-0.05, 0) is 103 Å². The van der Waals surface area contributed by atoms with Crippen LogP contribution in [0.15, 0.2) is 89.7 Å². The number of hydrogen-bond acceptors (Lipinski definition) is 8. The molecule has 10 nitrogen and oxygen atoms in total. The number of rotatable bonds is 17. The van der Waals surface area contributed by atoms with Crippen LogP contribution in [0.1, 0.15) is 71.1 Å². The molecule has 1 amide bonds. The topological polar surface area (TPSA) is 123 Å². The van der Waals surface area contributed by atoms with Gasteiger partial charge in [-0.25, -0.2) is 4.98 Å². The lowest BCUT2D eigenvalue weighted by Crippen LogP contribution is -2.30. The number of unbranched alkanes of at least 4 members (excludes halogenated alkanes) is 1. The number of fused-ring (bicyclic) bond motifs is 1. The summed E-state index contributed by atoms with van der Waals surface area (Å²) in [5.41, 5.74) is 7.29. The maximum absolute atomic E-state index is 13.7. The van der Waals surface area contributed by atoms with Gasteiger partial charge in [-0.1, -0.05) is 52.3 Å². The lowest BCUT2D eigenvalue weighted by atomic mass is 9.96. The molecule has 0 spiro atoms. The molecule has 0 aliphatic carbocycles. The fourth-order valence-electron chi connectivity index (χ4n) is 6.01. The van der Waals surface area contributed by atoms with Crippen LogP contribution in [-0.4, -0.2) is 67.6 Å². The highest BCUT2D eigenvalue weighted by Gasteiger charge is 2.19. The van der Waals surface area contributed by atoms with E-state index in [1.165, 1.54) is 11.4 Å². The van der Waals surface area contributed by atoms with Crippen molar-refractivity contribution < 1.29 is 27.2 Å². The molecule has 1 aliphatic heterocycles. The standard InChI is InChI=1S/C41H52N4O3S.CH4O3S/c1-5-7-22-47-23-24-48-38-15-10-32(11-16-38)33-12-19-40-35(25-33)26-34(9-8-21-44(40)28-31(3)4)41(46)43-36-13-17-39(18-14-36)49-29-37-27-42-30-45(37)20-6-2;1-5(2,3)4/h10-19,25-27,30-31H,5-9,20-24,28-29H2,1-4H3,(H,43,46);1H3,(H,2,3,4). The van der Waals surface area contributed by atoms with Gasteiger partial charge in [0.15, 0.2) is 0 Å². The number of carbonyl (C=O) groups excluding carboxylic acids is 1. The Labute approximate surface area is 326 Å². The highest BCUT2D eigenvalue weighted by Crippen LogP contribution is 2.33. The van der Waals surface area contributed by atoms with Crippen molar-refractivity contribution in [2.45, 2.75) is 77.0 Å². The van der Waals surface area contributed by atoms with Crippen LogP contribution >= 0.6 is 11.8 Å². The van der Waals surface area contributed by atoms with Gasteiger partial charge in [-0.2, -0.15) is 8.42 Å². The van der Waals surface area contributed by atoms with Crippen LogP contribution in [0.3, 0.4) is 0 Å². The van der Waals surface area contributed by atoms with E-state index in [1.54, 1.807) is 11.8 Å². The van der Waals surface area contributed by atoms with Gasteiger partial charge in [0.2, 0.25) is 0 Å². The van der Waals surface area contributed by atoms with Gasteiger partial charge in [-0.15, -0.1) is 11.8 Å². The molecule has 2 heterocycles. The van der Waals surface area contributed by atoms with Crippen molar-refractivity contribution in [2.24, 2.45) is 5.92 Å². The second-order valence-corrected chi connectivity index (χ2v) is 16.3. The minimum atomic E-state index is -3.67. The summed E-state index contributed by atoms with van der Waals surface area (Å²) in [7, 11) is -3.67. The fraction of sp³-hybridized carbons (Fsp3) is 0.429. The van der Waals surface area contributed by atoms with Gasteiger partial charge in [0, 0.05) is 65.7 Å². The summed E-state index contributed by atoms with van der Waals surface area (Å²) in [6.07, 6.45) is 11.6. The Morgan fingerprint density at radius 3 is 2.39 bits per heavy atom. The molecule has 292 valence electrons. The number of aromatic nitrogens is 2. The van der Waals surface area contributed by atoms with Crippen molar-refractivity contribution in [3.63, 3.8) is 0 Å². The number of nitrogens with zero attached hydrogens (tertiary/aromatic N) is 3. The van der Waals surface area contributed by atoms with Crippen molar-refractivity contribution in [1.82, 2.24) is 9.55 Å². The SMILES string of the molecule is CCCCOCCOc1ccc(-c2ccc3c(c2)C=C(C(=O)Nc2ccc(SCc4cncn4CCC)cc2)CCCN3CC(C)C)cc1.CS(=O)(=O)O. The predicted molar refractivity (Wildman–Crippen MR) is 222 cm³/mol. The number of amides is 1. The molecule has 1 aliphatic rings. The average molecular weight is 777 g/mol. The number of imidazole rings is 1. The third kappa shape index (κ3) is 14.6. The van der Waals surface area contributed by atoms with Gasteiger partial charge >= 0.3 is 0 Å². The van der Waals surface area contributed by atoms with E-state index < -0.39 is 10.1 Å². The molecule has 0 atom stereocenters.